The molecule has 2 aromatic rings. The minimum Gasteiger partial charge on any atom is -0.490 e. The Hall–Kier alpha value is -2.04. The summed E-state index contributed by atoms with van der Waals surface area (Å²) in [6, 6.07) is 7.15. The molecule has 0 bridgehead atoms. The number of alkyl halides is 2. The van der Waals surface area contributed by atoms with E-state index in [0.29, 0.717) is 11.6 Å². The lowest BCUT2D eigenvalue weighted by Gasteiger charge is -2.13. The fraction of sp³-hybridized carbons (Fsp3) is 0.615. The maximum Gasteiger partial charge on any atom is 0.165 e. The smallest absolute Gasteiger partial charge is 0.165 e. The number of halogens is 2. The van der Waals surface area contributed by atoms with Crippen LogP contribution in [0.15, 0.2) is 36.7 Å². The number of aryl methyl sites for hydroxylation is 1. The van der Waals surface area contributed by atoms with E-state index in [-0.39, 0.29) is 13.0 Å². The zero-order valence-corrected chi connectivity index (χ0v) is 19.2. The second-order valence-electron chi connectivity index (χ2n) is 8.27. The molecule has 0 radical (unpaired) electrons. The van der Waals surface area contributed by atoms with E-state index in [1.54, 1.807) is 19.1 Å². The molecule has 1 heterocycles. The molecule has 172 valence electrons. The standard InChI is InChI=1S/C26H38F2N2O/c1-3-5-6-7-8-9-10-11-12-13-21-18-29-26(30-19-21)22-14-16-23(17-15-22)31-20-25(28)24(27)4-2/h14-19,24-25H,3-13,20H2,1-2H3. The van der Waals surface area contributed by atoms with Crippen LogP contribution < -0.4 is 4.74 Å². The molecule has 0 fully saturated rings. The first kappa shape index (κ1) is 25.2. The summed E-state index contributed by atoms with van der Waals surface area (Å²) < 4.78 is 32.2. The van der Waals surface area contributed by atoms with Crippen molar-refractivity contribution in [3.63, 3.8) is 0 Å². The van der Waals surface area contributed by atoms with E-state index in [1.165, 1.54) is 57.8 Å². The maximum absolute atomic E-state index is 13.6. The molecule has 31 heavy (non-hydrogen) atoms. The zero-order valence-electron chi connectivity index (χ0n) is 19.2. The van der Waals surface area contributed by atoms with Crippen LogP contribution in [-0.4, -0.2) is 28.9 Å². The molecule has 1 aromatic heterocycles. The Morgan fingerprint density at radius 3 is 1.94 bits per heavy atom. The number of benzene rings is 1. The molecule has 0 saturated carbocycles. The SMILES string of the molecule is CCCCCCCCCCCc1cnc(-c2ccc(OCC(F)C(F)CC)cc2)nc1. The molecule has 5 heteroatoms. The quantitative estimate of drug-likeness (QED) is 0.255. The van der Waals surface area contributed by atoms with Crippen LogP contribution in [0.5, 0.6) is 5.75 Å². The molecule has 0 aliphatic heterocycles. The van der Waals surface area contributed by atoms with Gasteiger partial charge in [-0.3, -0.25) is 0 Å². The van der Waals surface area contributed by atoms with Crippen LogP contribution in [0, 0.1) is 0 Å². The van der Waals surface area contributed by atoms with E-state index >= 15 is 0 Å². The molecule has 0 aliphatic carbocycles. The first-order valence-electron chi connectivity index (χ1n) is 12.0. The normalized spacial score (nSPS) is 13.2. The van der Waals surface area contributed by atoms with E-state index in [0.717, 1.165) is 17.5 Å². The first-order chi connectivity index (χ1) is 15.1. The molecule has 2 atom stereocenters. The van der Waals surface area contributed by atoms with Gasteiger partial charge in [0.15, 0.2) is 12.0 Å². The van der Waals surface area contributed by atoms with Gasteiger partial charge in [0.1, 0.15) is 18.5 Å². The highest BCUT2D eigenvalue weighted by Gasteiger charge is 2.19. The summed E-state index contributed by atoms with van der Waals surface area (Å²) in [7, 11) is 0. The summed E-state index contributed by atoms with van der Waals surface area (Å²) in [5.74, 6) is 1.16. The molecular weight excluding hydrogens is 394 g/mol. The van der Waals surface area contributed by atoms with E-state index < -0.39 is 12.3 Å². The van der Waals surface area contributed by atoms with Crippen molar-refractivity contribution in [3.05, 3.63) is 42.2 Å². The highest BCUT2D eigenvalue weighted by Crippen LogP contribution is 2.20. The zero-order chi connectivity index (χ0) is 22.3. The van der Waals surface area contributed by atoms with Crippen molar-refractivity contribution < 1.29 is 13.5 Å². The number of hydrogen-bond acceptors (Lipinski definition) is 3. The fourth-order valence-corrected chi connectivity index (χ4v) is 3.51. The molecule has 0 spiro atoms. The Bertz CT molecular complexity index is 706. The molecule has 2 rings (SSSR count). The molecule has 0 saturated heterocycles. The highest BCUT2D eigenvalue weighted by atomic mass is 19.2. The average molecular weight is 433 g/mol. The summed E-state index contributed by atoms with van der Waals surface area (Å²) in [6.45, 7) is 3.59. The Morgan fingerprint density at radius 2 is 1.35 bits per heavy atom. The van der Waals surface area contributed by atoms with E-state index in [2.05, 4.69) is 16.9 Å². The van der Waals surface area contributed by atoms with E-state index in [1.807, 2.05) is 24.5 Å². The topological polar surface area (TPSA) is 35.0 Å². The molecule has 0 N–H and O–H groups in total. The van der Waals surface area contributed by atoms with Crippen LogP contribution >= 0.6 is 0 Å². The molecule has 1 aromatic carbocycles. The second-order valence-corrected chi connectivity index (χ2v) is 8.27. The van der Waals surface area contributed by atoms with Gasteiger partial charge in [0.2, 0.25) is 0 Å². The van der Waals surface area contributed by atoms with Crippen LogP contribution in [0.1, 0.15) is 83.6 Å². The van der Waals surface area contributed by atoms with Crippen molar-refractivity contribution in [2.75, 3.05) is 6.61 Å². The number of unbranched alkanes of at least 4 members (excludes halogenated alkanes) is 8. The van der Waals surface area contributed by atoms with Crippen molar-refractivity contribution in [3.8, 4) is 17.1 Å². The lowest BCUT2D eigenvalue weighted by atomic mass is 10.1. The van der Waals surface area contributed by atoms with Gasteiger partial charge in [0.25, 0.3) is 0 Å². The summed E-state index contributed by atoms with van der Waals surface area (Å²) in [4.78, 5) is 8.96. The Kier molecular flexibility index (Phi) is 12.1. The third kappa shape index (κ3) is 9.75. The van der Waals surface area contributed by atoms with E-state index in [4.69, 9.17) is 4.74 Å². The van der Waals surface area contributed by atoms with Crippen LogP contribution in [-0.2, 0) is 6.42 Å². The van der Waals surface area contributed by atoms with Crippen LogP contribution in [0.4, 0.5) is 8.78 Å². The molecule has 0 aliphatic rings. The largest absolute Gasteiger partial charge is 0.490 e. The predicted molar refractivity (Wildman–Crippen MR) is 124 cm³/mol. The predicted octanol–water partition coefficient (Wildman–Crippen LogP) is 7.68. The Balaban J connectivity index is 1.69. The Morgan fingerprint density at radius 1 is 0.774 bits per heavy atom. The van der Waals surface area contributed by atoms with Crippen molar-refractivity contribution in [2.24, 2.45) is 0 Å². The summed E-state index contributed by atoms with van der Waals surface area (Å²) in [5.41, 5.74) is 2.04. The first-order valence-corrected chi connectivity index (χ1v) is 12.0. The number of rotatable bonds is 16. The van der Waals surface area contributed by atoms with Crippen molar-refractivity contribution in [1.82, 2.24) is 9.97 Å². The van der Waals surface area contributed by atoms with Crippen molar-refractivity contribution in [2.45, 2.75) is 96.8 Å². The minimum atomic E-state index is -1.61. The van der Waals surface area contributed by atoms with Gasteiger partial charge in [-0.1, -0.05) is 65.2 Å². The minimum absolute atomic E-state index is 0.149. The number of ether oxygens (including phenoxy) is 1. The lowest BCUT2D eigenvalue weighted by molar-refractivity contribution is 0.106. The Labute approximate surface area is 186 Å². The third-order valence-electron chi connectivity index (χ3n) is 5.58. The highest BCUT2D eigenvalue weighted by molar-refractivity contribution is 5.55. The van der Waals surface area contributed by atoms with Gasteiger partial charge in [-0.2, -0.15) is 0 Å². The molecule has 3 nitrogen and oxygen atoms in total. The van der Waals surface area contributed by atoms with E-state index in [9.17, 15) is 8.78 Å². The summed E-state index contributed by atoms with van der Waals surface area (Å²) in [5, 5.41) is 0. The molecule has 2 unspecified atom stereocenters. The second kappa shape index (κ2) is 14.9. The van der Waals surface area contributed by atoms with Crippen molar-refractivity contribution >= 4 is 0 Å². The molecule has 0 amide bonds. The maximum atomic E-state index is 13.6. The number of nitrogens with zero attached hydrogens (tertiary/aromatic N) is 2. The van der Waals surface area contributed by atoms with Gasteiger partial charge < -0.3 is 4.74 Å². The van der Waals surface area contributed by atoms with Gasteiger partial charge >= 0.3 is 0 Å². The van der Waals surface area contributed by atoms with Gasteiger partial charge in [-0.25, -0.2) is 18.7 Å². The van der Waals surface area contributed by atoms with Gasteiger partial charge in [0, 0.05) is 18.0 Å². The monoisotopic (exact) mass is 432 g/mol. The fourth-order valence-electron chi connectivity index (χ4n) is 3.51. The van der Waals surface area contributed by atoms with Crippen LogP contribution in [0.2, 0.25) is 0 Å². The third-order valence-corrected chi connectivity index (χ3v) is 5.58. The number of aromatic nitrogens is 2. The average Bonchev–Trinajstić information content (AvgIpc) is 2.81. The number of hydrogen-bond donors (Lipinski definition) is 0. The van der Waals surface area contributed by atoms with Gasteiger partial charge in [-0.15, -0.1) is 0 Å². The van der Waals surface area contributed by atoms with Gasteiger partial charge in [-0.05, 0) is 49.1 Å². The summed E-state index contributed by atoms with van der Waals surface area (Å²) >= 11 is 0. The lowest BCUT2D eigenvalue weighted by Crippen LogP contribution is -2.23. The summed E-state index contributed by atoms with van der Waals surface area (Å²) in [6.07, 6.45) is 13.8. The van der Waals surface area contributed by atoms with Gasteiger partial charge in [0.05, 0.1) is 0 Å². The molecular formula is C26H38F2N2O. The van der Waals surface area contributed by atoms with Crippen LogP contribution in [0.3, 0.4) is 0 Å². The van der Waals surface area contributed by atoms with Crippen molar-refractivity contribution in [1.29, 1.82) is 0 Å². The van der Waals surface area contributed by atoms with Crippen LogP contribution in [0.25, 0.3) is 11.4 Å².